The normalized spacial score (nSPS) is 12.6. The summed E-state index contributed by atoms with van der Waals surface area (Å²) in [5.41, 5.74) is 1.41. The van der Waals surface area contributed by atoms with Gasteiger partial charge in [-0.05, 0) is 37.0 Å². The minimum atomic E-state index is 0.523. The maximum Gasteiger partial charge on any atom is 0.0317 e. The minimum Gasteiger partial charge on any atom is -0.313 e. The molecule has 1 aromatic rings. The second kappa shape index (κ2) is 9.55. The number of nitrogens with one attached hydrogen (secondary N) is 1. The summed E-state index contributed by atoms with van der Waals surface area (Å²) in [6.45, 7) is 2.23. The lowest BCUT2D eigenvalue weighted by Gasteiger charge is -2.16. The van der Waals surface area contributed by atoms with Crippen LogP contribution in [0, 0.1) is 0 Å². The molecule has 0 aliphatic rings. The number of thioether (sulfide) groups is 1. The van der Waals surface area contributed by atoms with E-state index in [0.717, 1.165) is 0 Å². The molecule has 2 heteroatoms. The topological polar surface area (TPSA) is 12.0 Å². The minimum absolute atomic E-state index is 0.523. The van der Waals surface area contributed by atoms with Gasteiger partial charge in [0.05, 0.1) is 0 Å². The van der Waals surface area contributed by atoms with Crippen molar-refractivity contribution in [2.45, 2.75) is 38.6 Å². The van der Waals surface area contributed by atoms with Crippen LogP contribution in [0.2, 0.25) is 0 Å². The molecular weight excluding hydrogens is 226 g/mol. The molecule has 0 aliphatic carbocycles. The van der Waals surface area contributed by atoms with Crippen LogP contribution in [-0.2, 0) is 0 Å². The largest absolute Gasteiger partial charge is 0.313 e. The van der Waals surface area contributed by atoms with Gasteiger partial charge in [-0.15, -0.1) is 0 Å². The maximum atomic E-state index is 3.42. The average molecular weight is 251 g/mol. The SMILES string of the molecule is CCSCCCCCC(NC)c1ccccc1. The quantitative estimate of drug-likeness (QED) is 0.658. The molecule has 0 spiro atoms. The molecule has 0 radical (unpaired) electrons. The second-order valence-electron chi connectivity index (χ2n) is 4.30. The van der Waals surface area contributed by atoms with Crippen LogP contribution in [0.5, 0.6) is 0 Å². The maximum absolute atomic E-state index is 3.42. The summed E-state index contributed by atoms with van der Waals surface area (Å²) < 4.78 is 0. The van der Waals surface area contributed by atoms with Crippen molar-refractivity contribution in [1.82, 2.24) is 5.32 Å². The van der Waals surface area contributed by atoms with Crippen molar-refractivity contribution in [2.24, 2.45) is 0 Å². The van der Waals surface area contributed by atoms with Gasteiger partial charge in [-0.2, -0.15) is 11.8 Å². The Morgan fingerprint density at radius 3 is 2.53 bits per heavy atom. The van der Waals surface area contributed by atoms with Crippen LogP contribution in [0.1, 0.15) is 44.2 Å². The van der Waals surface area contributed by atoms with Crippen molar-refractivity contribution in [3.05, 3.63) is 35.9 Å². The number of rotatable bonds is 9. The summed E-state index contributed by atoms with van der Waals surface area (Å²) in [4.78, 5) is 0. The first kappa shape index (κ1) is 14.6. The van der Waals surface area contributed by atoms with Crippen LogP contribution in [-0.4, -0.2) is 18.6 Å². The highest BCUT2D eigenvalue weighted by atomic mass is 32.2. The Labute approximate surface area is 110 Å². The molecule has 0 aliphatic heterocycles. The van der Waals surface area contributed by atoms with Gasteiger partial charge in [-0.25, -0.2) is 0 Å². The van der Waals surface area contributed by atoms with E-state index in [2.05, 4.69) is 61.4 Å². The zero-order chi connectivity index (χ0) is 12.3. The summed E-state index contributed by atoms with van der Waals surface area (Å²) in [5, 5.41) is 3.42. The lowest BCUT2D eigenvalue weighted by atomic mass is 10.0. The zero-order valence-corrected chi connectivity index (χ0v) is 11.9. The average Bonchev–Trinajstić information content (AvgIpc) is 2.39. The summed E-state index contributed by atoms with van der Waals surface area (Å²) in [6.07, 6.45) is 5.30. The van der Waals surface area contributed by atoms with Gasteiger partial charge >= 0.3 is 0 Å². The fourth-order valence-electron chi connectivity index (χ4n) is 2.04. The van der Waals surface area contributed by atoms with Gasteiger partial charge in [-0.3, -0.25) is 0 Å². The predicted molar refractivity (Wildman–Crippen MR) is 79.7 cm³/mol. The van der Waals surface area contributed by atoms with Crippen molar-refractivity contribution in [1.29, 1.82) is 0 Å². The molecule has 0 bridgehead atoms. The summed E-state index contributed by atoms with van der Waals surface area (Å²) in [7, 11) is 2.06. The van der Waals surface area contributed by atoms with E-state index >= 15 is 0 Å². The molecule has 0 aromatic heterocycles. The van der Waals surface area contributed by atoms with E-state index in [9.17, 15) is 0 Å². The van der Waals surface area contributed by atoms with Gasteiger partial charge in [-0.1, -0.05) is 50.1 Å². The zero-order valence-electron chi connectivity index (χ0n) is 11.1. The van der Waals surface area contributed by atoms with E-state index in [4.69, 9.17) is 0 Å². The molecule has 0 heterocycles. The smallest absolute Gasteiger partial charge is 0.0317 e. The highest BCUT2D eigenvalue weighted by Crippen LogP contribution is 2.19. The molecule has 0 fully saturated rings. The van der Waals surface area contributed by atoms with Crippen molar-refractivity contribution in [3.8, 4) is 0 Å². The van der Waals surface area contributed by atoms with Crippen LogP contribution in [0.3, 0.4) is 0 Å². The van der Waals surface area contributed by atoms with Gasteiger partial charge in [0, 0.05) is 6.04 Å². The van der Waals surface area contributed by atoms with Crippen molar-refractivity contribution < 1.29 is 0 Å². The summed E-state index contributed by atoms with van der Waals surface area (Å²) in [5.74, 6) is 2.58. The number of benzene rings is 1. The van der Waals surface area contributed by atoms with E-state index in [-0.39, 0.29) is 0 Å². The van der Waals surface area contributed by atoms with E-state index in [1.165, 1.54) is 42.8 Å². The Morgan fingerprint density at radius 2 is 1.88 bits per heavy atom. The van der Waals surface area contributed by atoms with E-state index in [1.54, 1.807) is 0 Å². The molecule has 1 aromatic carbocycles. The number of hydrogen-bond donors (Lipinski definition) is 1. The van der Waals surface area contributed by atoms with Crippen LogP contribution in [0.4, 0.5) is 0 Å². The number of unbranched alkanes of at least 4 members (excludes halogenated alkanes) is 2. The summed E-state index contributed by atoms with van der Waals surface area (Å²) >= 11 is 2.05. The summed E-state index contributed by atoms with van der Waals surface area (Å²) in [6, 6.07) is 11.3. The monoisotopic (exact) mass is 251 g/mol. The lowest BCUT2D eigenvalue weighted by Crippen LogP contribution is -2.16. The Morgan fingerprint density at radius 1 is 1.12 bits per heavy atom. The van der Waals surface area contributed by atoms with Gasteiger partial charge in [0.15, 0.2) is 0 Å². The van der Waals surface area contributed by atoms with Crippen molar-refractivity contribution in [2.75, 3.05) is 18.6 Å². The fourth-order valence-corrected chi connectivity index (χ4v) is 2.73. The highest BCUT2D eigenvalue weighted by Gasteiger charge is 2.07. The molecule has 96 valence electrons. The fraction of sp³-hybridized carbons (Fsp3) is 0.600. The molecule has 0 saturated heterocycles. The number of hydrogen-bond acceptors (Lipinski definition) is 2. The Hall–Kier alpha value is -0.470. The van der Waals surface area contributed by atoms with E-state index in [0.29, 0.717) is 6.04 Å². The van der Waals surface area contributed by atoms with Gasteiger partial charge < -0.3 is 5.32 Å². The Kier molecular flexibility index (Phi) is 8.20. The second-order valence-corrected chi connectivity index (χ2v) is 5.69. The van der Waals surface area contributed by atoms with Crippen LogP contribution < -0.4 is 5.32 Å². The van der Waals surface area contributed by atoms with Crippen LogP contribution >= 0.6 is 11.8 Å². The molecular formula is C15H25NS. The first-order chi connectivity index (χ1) is 8.38. The first-order valence-corrected chi connectivity index (χ1v) is 7.84. The van der Waals surface area contributed by atoms with Gasteiger partial charge in [0.1, 0.15) is 0 Å². The predicted octanol–water partition coefficient (Wildman–Crippen LogP) is 4.26. The molecule has 0 amide bonds. The Balaban J connectivity index is 2.20. The van der Waals surface area contributed by atoms with Gasteiger partial charge in [0.2, 0.25) is 0 Å². The third kappa shape index (κ3) is 6.13. The molecule has 17 heavy (non-hydrogen) atoms. The first-order valence-electron chi connectivity index (χ1n) is 6.68. The van der Waals surface area contributed by atoms with Crippen molar-refractivity contribution >= 4 is 11.8 Å². The van der Waals surface area contributed by atoms with E-state index < -0.39 is 0 Å². The molecule has 1 N–H and O–H groups in total. The van der Waals surface area contributed by atoms with Crippen LogP contribution in [0.15, 0.2) is 30.3 Å². The third-order valence-corrected chi connectivity index (χ3v) is 4.02. The Bertz CT molecular complexity index is 274. The molecule has 1 atom stereocenters. The molecule has 1 unspecified atom stereocenters. The van der Waals surface area contributed by atoms with E-state index in [1.807, 2.05) is 0 Å². The standard InChI is InChI=1S/C15H25NS/c1-3-17-13-9-5-8-12-15(16-2)14-10-6-4-7-11-14/h4,6-7,10-11,15-16H,3,5,8-9,12-13H2,1-2H3. The highest BCUT2D eigenvalue weighted by molar-refractivity contribution is 7.99. The van der Waals surface area contributed by atoms with Gasteiger partial charge in [0.25, 0.3) is 0 Å². The van der Waals surface area contributed by atoms with Crippen LogP contribution in [0.25, 0.3) is 0 Å². The lowest BCUT2D eigenvalue weighted by molar-refractivity contribution is 0.513. The molecule has 1 nitrogen and oxygen atoms in total. The van der Waals surface area contributed by atoms with Crippen molar-refractivity contribution in [3.63, 3.8) is 0 Å². The third-order valence-electron chi connectivity index (χ3n) is 3.04. The molecule has 0 saturated carbocycles. The molecule has 1 rings (SSSR count).